The third kappa shape index (κ3) is 1.92. The molecule has 0 radical (unpaired) electrons. The van der Waals surface area contributed by atoms with E-state index in [1.807, 2.05) is 12.1 Å². The number of hydrogen-bond donors (Lipinski definition) is 1. The molecule has 3 unspecified atom stereocenters. The normalized spacial score (nSPS) is 31.9. The zero-order valence-corrected chi connectivity index (χ0v) is 11.0. The number of fused-ring (bicyclic) bond motifs is 2. The van der Waals surface area contributed by atoms with Gasteiger partial charge in [-0.2, -0.15) is 0 Å². The number of halogens is 1. The maximum absolute atomic E-state index is 11.9. The van der Waals surface area contributed by atoms with Crippen molar-refractivity contribution in [3.8, 4) is 0 Å². The lowest BCUT2D eigenvalue weighted by Crippen LogP contribution is -2.41. The van der Waals surface area contributed by atoms with Crippen molar-refractivity contribution in [3.63, 3.8) is 0 Å². The third-order valence-corrected chi connectivity index (χ3v) is 4.84. The van der Waals surface area contributed by atoms with E-state index in [2.05, 4.69) is 21.2 Å². The van der Waals surface area contributed by atoms with Gasteiger partial charge >= 0.3 is 0 Å². The molecular formula is C11H12BrNO2S. The molecule has 1 amide bonds. The molecule has 1 aromatic heterocycles. The van der Waals surface area contributed by atoms with Gasteiger partial charge in [-0.25, -0.2) is 0 Å². The van der Waals surface area contributed by atoms with Gasteiger partial charge in [-0.3, -0.25) is 4.79 Å². The van der Waals surface area contributed by atoms with Crippen molar-refractivity contribution in [2.45, 2.75) is 37.5 Å². The SMILES string of the molecule is O=C(NC1CC2CCC1O2)c1ccc(Br)s1. The van der Waals surface area contributed by atoms with Gasteiger partial charge in [-0.15, -0.1) is 11.3 Å². The quantitative estimate of drug-likeness (QED) is 0.912. The maximum atomic E-state index is 11.9. The molecule has 3 heterocycles. The monoisotopic (exact) mass is 301 g/mol. The van der Waals surface area contributed by atoms with Gasteiger partial charge in [0.1, 0.15) is 0 Å². The highest BCUT2D eigenvalue weighted by Crippen LogP contribution is 2.34. The Balaban J connectivity index is 1.65. The molecule has 0 saturated carbocycles. The zero-order valence-electron chi connectivity index (χ0n) is 8.61. The summed E-state index contributed by atoms with van der Waals surface area (Å²) in [6.07, 6.45) is 3.84. The van der Waals surface area contributed by atoms with Crippen molar-refractivity contribution in [1.82, 2.24) is 5.32 Å². The molecule has 86 valence electrons. The lowest BCUT2D eigenvalue weighted by molar-refractivity contribution is 0.0843. The molecule has 2 bridgehead atoms. The van der Waals surface area contributed by atoms with E-state index in [0.717, 1.165) is 27.9 Å². The molecule has 0 spiro atoms. The Morgan fingerprint density at radius 1 is 1.50 bits per heavy atom. The Kier molecular flexibility index (Phi) is 2.77. The van der Waals surface area contributed by atoms with Crippen LogP contribution < -0.4 is 5.32 Å². The van der Waals surface area contributed by atoms with Crippen molar-refractivity contribution < 1.29 is 9.53 Å². The van der Waals surface area contributed by atoms with Gasteiger partial charge in [0.25, 0.3) is 5.91 Å². The Labute approximate surface area is 106 Å². The van der Waals surface area contributed by atoms with Crippen molar-refractivity contribution >= 4 is 33.2 Å². The van der Waals surface area contributed by atoms with Crippen molar-refractivity contribution in [2.24, 2.45) is 0 Å². The van der Waals surface area contributed by atoms with E-state index in [1.165, 1.54) is 11.3 Å². The number of nitrogens with one attached hydrogen (secondary N) is 1. The molecule has 3 atom stereocenters. The van der Waals surface area contributed by atoms with Gasteiger partial charge in [0.05, 0.1) is 26.9 Å². The second kappa shape index (κ2) is 4.13. The maximum Gasteiger partial charge on any atom is 0.261 e. The summed E-state index contributed by atoms with van der Waals surface area (Å²) < 4.78 is 6.69. The van der Waals surface area contributed by atoms with Crippen molar-refractivity contribution in [3.05, 3.63) is 20.8 Å². The summed E-state index contributed by atoms with van der Waals surface area (Å²) in [7, 11) is 0. The van der Waals surface area contributed by atoms with Gasteiger partial charge in [-0.05, 0) is 47.3 Å². The standard InChI is InChI=1S/C11H12BrNO2S/c12-10-4-3-9(16-10)11(14)13-7-5-6-1-2-8(7)15-6/h3-4,6-8H,1-2,5H2,(H,13,14). The van der Waals surface area contributed by atoms with Crippen LogP contribution in [0.5, 0.6) is 0 Å². The number of carbonyl (C=O) groups is 1. The van der Waals surface area contributed by atoms with Crippen LogP contribution in [-0.4, -0.2) is 24.2 Å². The molecule has 0 aliphatic carbocycles. The van der Waals surface area contributed by atoms with Crippen LogP contribution in [-0.2, 0) is 4.74 Å². The predicted molar refractivity (Wildman–Crippen MR) is 65.8 cm³/mol. The molecule has 1 aromatic rings. The summed E-state index contributed by atoms with van der Waals surface area (Å²) in [6, 6.07) is 3.96. The Bertz CT molecular complexity index is 420. The number of thiophene rings is 1. The van der Waals surface area contributed by atoms with Crippen LogP contribution in [0.4, 0.5) is 0 Å². The Morgan fingerprint density at radius 2 is 2.38 bits per heavy atom. The number of rotatable bonds is 2. The highest BCUT2D eigenvalue weighted by molar-refractivity contribution is 9.11. The van der Waals surface area contributed by atoms with Gasteiger partial charge < -0.3 is 10.1 Å². The van der Waals surface area contributed by atoms with E-state index in [-0.39, 0.29) is 18.1 Å². The highest BCUT2D eigenvalue weighted by Gasteiger charge is 2.41. The summed E-state index contributed by atoms with van der Waals surface area (Å²) in [6.45, 7) is 0. The van der Waals surface area contributed by atoms with E-state index in [9.17, 15) is 4.79 Å². The van der Waals surface area contributed by atoms with Crippen LogP contribution in [0.1, 0.15) is 28.9 Å². The van der Waals surface area contributed by atoms with Gasteiger partial charge in [0.15, 0.2) is 0 Å². The average molecular weight is 302 g/mol. The first-order chi connectivity index (χ1) is 7.72. The first-order valence-corrected chi connectivity index (χ1v) is 7.05. The van der Waals surface area contributed by atoms with Crippen LogP contribution in [0.25, 0.3) is 0 Å². The Hall–Kier alpha value is -0.390. The number of amides is 1. The van der Waals surface area contributed by atoms with E-state index in [0.29, 0.717) is 6.10 Å². The smallest absolute Gasteiger partial charge is 0.261 e. The van der Waals surface area contributed by atoms with Crippen molar-refractivity contribution in [2.75, 3.05) is 0 Å². The molecule has 2 saturated heterocycles. The molecule has 0 aromatic carbocycles. The fourth-order valence-electron chi connectivity index (χ4n) is 2.47. The molecule has 16 heavy (non-hydrogen) atoms. The molecule has 2 aliphatic heterocycles. The summed E-state index contributed by atoms with van der Waals surface area (Å²) in [5, 5.41) is 3.07. The minimum atomic E-state index is 0.0249. The van der Waals surface area contributed by atoms with Crippen LogP contribution in [0.2, 0.25) is 0 Å². The molecule has 5 heteroatoms. The molecule has 3 rings (SSSR count). The first-order valence-electron chi connectivity index (χ1n) is 5.44. The summed E-state index contributed by atoms with van der Waals surface area (Å²) in [5.41, 5.74) is 0. The van der Waals surface area contributed by atoms with E-state index in [4.69, 9.17) is 4.74 Å². The molecule has 2 aliphatic rings. The summed E-state index contributed by atoms with van der Waals surface area (Å²) in [5.74, 6) is 0.0249. The van der Waals surface area contributed by atoms with Gasteiger partial charge in [0.2, 0.25) is 0 Å². The Morgan fingerprint density at radius 3 is 2.94 bits per heavy atom. The van der Waals surface area contributed by atoms with Gasteiger partial charge in [-0.1, -0.05) is 0 Å². The molecular weight excluding hydrogens is 290 g/mol. The van der Waals surface area contributed by atoms with E-state index < -0.39 is 0 Å². The second-order valence-electron chi connectivity index (χ2n) is 4.29. The summed E-state index contributed by atoms with van der Waals surface area (Å²) in [4.78, 5) is 12.7. The first kappa shape index (κ1) is 10.7. The van der Waals surface area contributed by atoms with Crippen LogP contribution in [0, 0.1) is 0 Å². The summed E-state index contributed by atoms with van der Waals surface area (Å²) >= 11 is 4.82. The van der Waals surface area contributed by atoms with E-state index in [1.54, 1.807) is 0 Å². The number of carbonyl (C=O) groups excluding carboxylic acids is 1. The lowest BCUT2D eigenvalue weighted by Gasteiger charge is -2.19. The lowest BCUT2D eigenvalue weighted by atomic mass is 9.95. The second-order valence-corrected chi connectivity index (χ2v) is 6.76. The molecule has 2 fully saturated rings. The predicted octanol–water partition coefficient (Wildman–Crippen LogP) is 2.56. The fraction of sp³-hybridized carbons (Fsp3) is 0.545. The highest BCUT2D eigenvalue weighted by atomic mass is 79.9. The number of hydrogen-bond acceptors (Lipinski definition) is 3. The van der Waals surface area contributed by atoms with Crippen LogP contribution in [0.3, 0.4) is 0 Å². The molecule has 3 nitrogen and oxygen atoms in total. The van der Waals surface area contributed by atoms with E-state index >= 15 is 0 Å². The number of ether oxygens (including phenoxy) is 1. The minimum Gasteiger partial charge on any atom is -0.373 e. The van der Waals surface area contributed by atoms with Crippen molar-refractivity contribution in [1.29, 1.82) is 0 Å². The average Bonchev–Trinajstić information content (AvgIpc) is 2.92. The molecule has 1 N–H and O–H groups in total. The topological polar surface area (TPSA) is 38.3 Å². The third-order valence-electron chi connectivity index (χ3n) is 3.22. The largest absolute Gasteiger partial charge is 0.373 e. The zero-order chi connectivity index (χ0) is 11.1. The van der Waals surface area contributed by atoms with Crippen LogP contribution in [0.15, 0.2) is 15.9 Å². The van der Waals surface area contributed by atoms with Gasteiger partial charge in [0, 0.05) is 0 Å². The van der Waals surface area contributed by atoms with Crippen LogP contribution >= 0.6 is 27.3 Å². The fourth-order valence-corrected chi connectivity index (χ4v) is 3.75. The minimum absolute atomic E-state index is 0.0249.